The molecule has 0 spiro atoms. The molecule has 2 aromatic rings. The van der Waals surface area contributed by atoms with Crippen LogP contribution in [0, 0.1) is 18.3 Å². The molecule has 1 saturated heterocycles. The number of carbonyl (C=O) groups is 2. The summed E-state index contributed by atoms with van der Waals surface area (Å²) in [6.07, 6.45) is 5.39. The zero-order valence-corrected chi connectivity index (χ0v) is 14.3. The van der Waals surface area contributed by atoms with E-state index in [4.69, 9.17) is 6.42 Å². The van der Waals surface area contributed by atoms with E-state index in [0.29, 0.717) is 21.8 Å². The molecule has 122 valence electrons. The lowest BCUT2D eigenvalue weighted by Crippen LogP contribution is -2.28. The molecule has 1 aromatic heterocycles. The number of amides is 2. The number of anilines is 2. The topological polar surface area (TPSA) is 75.2 Å². The van der Waals surface area contributed by atoms with Crippen LogP contribution in [-0.2, 0) is 9.59 Å². The molecule has 3 rings (SSSR count). The van der Waals surface area contributed by atoms with Crippen LogP contribution < -0.4 is 10.2 Å². The van der Waals surface area contributed by atoms with Gasteiger partial charge in [0, 0.05) is 18.7 Å². The molecule has 24 heavy (non-hydrogen) atoms. The van der Waals surface area contributed by atoms with Crippen molar-refractivity contribution in [1.29, 1.82) is 0 Å². The molecule has 1 aliphatic heterocycles. The number of carbonyl (C=O) groups excluding carboxylic acids is 2. The summed E-state index contributed by atoms with van der Waals surface area (Å²) in [5.74, 6) is 2.35. The van der Waals surface area contributed by atoms with E-state index in [-0.39, 0.29) is 18.2 Å². The van der Waals surface area contributed by atoms with Crippen LogP contribution in [-0.4, -0.2) is 34.3 Å². The van der Waals surface area contributed by atoms with Crippen molar-refractivity contribution in [1.82, 2.24) is 10.2 Å². The first-order valence-corrected chi connectivity index (χ1v) is 9.03. The number of rotatable bonds is 5. The molecular formula is C16H14N4O2S2. The van der Waals surface area contributed by atoms with Crippen molar-refractivity contribution in [3.63, 3.8) is 0 Å². The highest BCUT2D eigenvalue weighted by molar-refractivity contribution is 8.01. The summed E-state index contributed by atoms with van der Waals surface area (Å²) in [7, 11) is 0. The second-order valence-corrected chi connectivity index (χ2v) is 7.30. The molecule has 0 radical (unpaired) electrons. The predicted octanol–water partition coefficient (Wildman–Crippen LogP) is 2.25. The van der Waals surface area contributed by atoms with Crippen molar-refractivity contribution in [2.24, 2.45) is 5.92 Å². The summed E-state index contributed by atoms with van der Waals surface area (Å²) >= 11 is 2.67. The number of nitrogens with one attached hydrogen (secondary N) is 1. The third-order valence-electron chi connectivity index (χ3n) is 3.48. The first-order chi connectivity index (χ1) is 11.7. The molecule has 2 amide bonds. The fourth-order valence-corrected chi connectivity index (χ4v) is 3.81. The number of thioether (sulfide) groups is 1. The van der Waals surface area contributed by atoms with Crippen molar-refractivity contribution >= 4 is 45.7 Å². The Morgan fingerprint density at radius 2 is 2.21 bits per heavy atom. The Morgan fingerprint density at radius 1 is 1.42 bits per heavy atom. The van der Waals surface area contributed by atoms with Gasteiger partial charge in [0.25, 0.3) is 0 Å². The Bertz CT molecular complexity index is 785. The van der Waals surface area contributed by atoms with Gasteiger partial charge >= 0.3 is 0 Å². The Labute approximate surface area is 147 Å². The Balaban J connectivity index is 1.61. The van der Waals surface area contributed by atoms with Crippen molar-refractivity contribution in [2.45, 2.75) is 10.8 Å². The largest absolute Gasteiger partial charge is 0.312 e. The zero-order valence-electron chi connectivity index (χ0n) is 12.6. The van der Waals surface area contributed by atoms with Gasteiger partial charge in [-0.3, -0.25) is 9.59 Å². The average molecular weight is 358 g/mol. The number of para-hydroxylation sites is 1. The van der Waals surface area contributed by atoms with Crippen LogP contribution >= 0.6 is 23.1 Å². The van der Waals surface area contributed by atoms with Crippen molar-refractivity contribution in [3.8, 4) is 12.3 Å². The zero-order chi connectivity index (χ0) is 16.9. The average Bonchev–Trinajstić information content (AvgIpc) is 3.20. The normalized spacial score (nSPS) is 16.9. The van der Waals surface area contributed by atoms with Crippen LogP contribution in [0.1, 0.15) is 6.42 Å². The van der Waals surface area contributed by atoms with Crippen LogP contribution in [0.2, 0.25) is 0 Å². The molecule has 0 aliphatic carbocycles. The highest BCUT2D eigenvalue weighted by atomic mass is 32.2. The molecule has 2 heterocycles. The van der Waals surface area contributed by atoms with Crippen LogP contribution in [0.5, 0.6) is 0 Å². The van der Waals surface area contributed by atoms with E-state index in [1.165, 1.54) is 23.1 Å². The van der Waals surface area contributed by atoms with Crippen LogP contribution in [0.25, 0.3) is 0 Å². The van der Waals surface area contributed by atoms with Gasteiger partial charge in [0.15, 0.2) is 4.34 Å². The second-order valence-electron chi connectivity index (χ2n) is 5.10. The fraction of sp³-hybridized carbons (Fsp3) is 0.250. The third-order valence-corrected chi connectivity index (χ3v) is 5.36. The van der Waals surface area contributed by atoms with Crippen LogP contribution in [0.3, 0.4) is 0 Å². The summed E-state index contributed by atoms with van der Waals surface area (Å²) in [6, 6.07) is 9.34. The van der Waals surface area contributed by atoms with E-state index >= 15 is 0 Å². The molecular weight excluding hydrogens is 344 g/mol. The molecule has 1 fully saturated rings. The molecule has 1 atom stereocenters. The first-order valence-electron chi connectivity index (χ1n) is 7.23. The summed E-state index contributed by atoms with van der Waals surface area (Å²) in [4.78, 5) is 26.2. The van der Waals surface area contributed by atoms with E-state index in [2.05, 4.69) is 21.4 Å². The van der Waals surface area contributed by atoms with Gasteiger partial charge in [-0.2, -0.15) is 0 Å². The van der Waals surface area contributed by atoms with E-state index in [9.17, 15) is 9.59 Å². The number of nitrogens with zero attached hydrogens (tertiary/aromatic N) is 3. The number of benzene rings is 1. The highest BCUT2D eigenvalue weighted by Crippen LogP contribution is 2.28. The fourth-order valence-electron chi connectivity index (χ4n) is 2.37. The molecule has 0 saturated carbocycles. The molecule has 6 nitrogen and oxygen atoms in total. The van der Waals surface area contributed by atoms with Crippen molar-refractivity contribution < 1.29 is 9.59 Å². The van der Waals surface area contributed by atoms with E-state index < -0.39 is 5.92 Å². The molecule has 1 aromatic carbocycles. The number of terminal acetylenes is 1. The number of aromatic nitrogens is 2. The third kappa shape index (κ3) is 3.75. The second kappa shape index (κ2) is 7.47. The van der Waals surface area contributed by atoms with Crippen LogP contribution in [0.15, 0.2) is 34.7 Å². The van der Waals surface area contributed by atoms with Gasteiger partial charge < -0.3 is 10.2 Å². The van der Waals surface area contributed by atoms with E-state index in [0.717, 1.165) is 5.69 Å². The molecule has 0 unspecified atom stereocenters. The highest BCUT2D eigenvalue weighted by Gasteiger charge is 2.35. The number of hydrogen-bond donors (Lipinski definition) is 1. The molecule has 1 N–H and O–H groups in total. The summed E-state index contributed by atoms with van der Waals surface area (Å²) < 4.78 is 0.705. The van der Waals surface area contributed by atoms with Gasteiger partial charge in [-0.05, 0) is 12.1 Å². The predicted molar refractivity (Wildman–Crippen MR) is 95.0 cm³/mol. The minimum atomic E-state index is -0.400. The maximum absolute atomic E-state index is 12.4. The van der Waals surface area contributed by atoms with Crippen molar-refractivity contribution in [3.05, 3.63) is 30.3 Å². The number of hydrogen-bond acceptors (Lipinski definition) is 6. The first kappa shape index (κ1) is 16.5. The lowest BCUT2D eigenvalue weighted by atomic mass is 10.1. The van der Waals surface area contributed by atoms with E-state index in [1.54, 1.807) is 4.90 Å². The van der Waals surface area contributed by atoms with Crippen molar-refractivity contribution in [2.75, 3.05) is 22.5 Å². The lowest BCUT2D eigenvalue weighted by molar-refractivity contribution is -0.122. The monoisotopic (exact) mass is 358 g/mol. The van der Waals surface area contributed by atoms with Gasteiger partial charge in [0.05, 0.1) is 11.7 Å². The van der Waals surface area contributed by atoms with Gasteiger partial charge in [0.1, 0.15) is 0 Å². The summed E-state index contributed by atoms with van der Waals surface area (Å²) in [5.41, 5.74) is 0.807. The van der Waals surface area contributed by atoms with Gasteiger partial charge in [-0.25, -0.2) is 0 Å². The van der Waals surface area contributed by atoms with E-state index in [1.807, 2.05) is 30.3 Å². The standard InChI is InChI=1S/C16H14N4O2S2/c1-2-8-23-16-19-18-15(24-16)17-14(22)11-9-13(21)20(10-11)12-6-4-3-5-7-12/h1,3-7,11H,8-10H2,(H,17,18,22)/t11-/m0/s1. The van der Waals surface area contributed by atoms with Gasteiger partial charge in [-0.15, -0.1) is 16.6 Å². The minimum Gasteiger partial charge on any atom is -0.312 e. The Morgan fingerprint density at radius 3 is 2.96 bits per heavy atom. The Hall–Kier alpha value is -2.37. The molecule has 1 aliphatic rings. The quantitative estimate of drug-likeness (QED) is 0.504. The van der Waals surface area contributed by atoms with Gasteiger partial charge in [-0.1, -0.05) is 47.2 Å². The van der Waals surface area contributed by atoms with Crippen LogP contribution in [0.4, 0.5) is 10.8 Å². The molecule has 0 bridgehead atoms. The van der Waals surface area contributed by atoms with Gasteiger partial charge in [0.2, 0.25) is 16.9 Å². The lowest BCUT2D eigenvalue weighted by Gasteiger charge is -2.16. The summed E-state index contributed by atoms with van der Waals surface area (Å²) in [5, 5.41) is 11.0. The smallest absolute Gasteiger partial charge is 0.231 e. The SMILES string of the molecule is C#CCSc1nnc(NC(=O)[C@H]2CC(=O)N(c3ccccc3)C2)s1. The summed E-state index contributed by atoms with van der Waals surface area (Å²) in [6.45, 7) is 0.367. The Kier molecular flexibility index (Phi) is 5.13. The maximum Gasteiger partial charge on any atom is 0.231 e. The minimum absolute atomic E-state index is 0.0520. The molecule has 8 heteroatoms. The maximum atomic E-state index is 12.4.